The van der Waals surface area contributed by atoms with Crippen molar-refractivity contribution in [2.45, 2.75) is 12.3 Å². The lowest BCUT2D eigenvalue weighted by atomic mass is 10.1. The summed E-state index contributed by atoms with van der Waals surface area (Å²) in [6.45, 7) is 2.05. The third-order valence-electron chi connectivity index (χ3n) is 4.64. The van der Waals surface area contributed by atoms with E-state index in [2.05, 4.69) is 19.1 Å². The topological polar surface area (TPSA) is 20.3 Å². The highest BCUT2D eigenvalue weighted by Gasteiger charge is 2.37. The van der Waals surface area contributed by atoms with Crippen LogP contribution in [0.5, 0.6) is 0 Å². The van der Waals surface area contributed by atoms with Crippen LogP contribution in [0, 0.1) is 6.92 Å². The molecule has 4 rings (SSSR count). The number of nitrogens with zero attached hydrogens (tertiary/aromatic N) is 1. The lowest BCUT2D eigenvalue weighted by Crippen LogP contribution is -2.27. The number of thioether (sulfide) groups is 1. The molecule has 1 saturated heterocycles. The molecule has 0 aromatic heterocycles. The van der Waals surface area contributed by atoms with Gasteiger partial charge < -0.3 is 0 Å². The van der Waals surface area contributed by atoms with Crippen molar-refractivity contribution in [3.05, 3.63) is 119 Å². The number of hydrogen-bond donors (Lipinski definition) is 0. The van der Waals surface area contributed by atoms with Crippen molar-refractivity contribution >= 4 is 29.4 Å². The average Bonchev–Trinajstić information content (AvgIpc) is 3.06. The molecule has 0 spiro atoms. The molecule has 2 nitrogen and oxygen atoms in total. The van der Waals surface area contributed by atoms with Crippen molar-refractivity contribution in [1.82, 2.24) is 0 Å². The predicted molar refractivity (Wildman–Crippen MR) is 119 cm³/mol. The number of benzene rings is 3. The molecule has 1 aliphatic rings. The smallest absolute Gasteiger partial charge is 0.266 e. The molecule has 0 radical (unpaired) electrons. The zero-order valence-corrected chi connectivity index (χ0v) is 16.5. The normalized spacial score (nSPS) is 18.3. The molecule has 28 heavy (non-hydrogen) atoms. The van der Waals surface area contributed by atoms with Crippen molar-refractivity contribution in [3.8, 4) is 0 Å². The first-order valence-corrected chi connectivity index (χ1v) is 10.2. The van der Waals surface area contributed by atoms with Gasteiger partial charge in [0.25, 0.3) is 5.91 Å². The van der Waals surface area contributed by atoms with E-state index < -0.39 is 0 Å². The first-order chi connectivity index (χ1) is 13.7. The zero-order chi connectivity index (χ0) is 19.3. The molecule has 1 heterocycles. The molecule has 138 valence electrons. The van der Waals surface area contributed by atoms with Gasteiger partial charge >= 0.3 is 0 Å². The fraction of sp³-hybridized carbons (Fsp3) is 0.0800. The summed E-state index contributed by atoms with van der Waals surface area (Å²) in [7, 11) is 0. The van der Waals surface area contributed by atoms with Crippen LogP contribution in [-0.4, -0.2) is 5.91 Å². The average molecular weight is 384 g/mol. The van der Waals surface area contributed by atoms with Gasteiger partial charge in [-0.2, -0.15) is 0 Å². The van der Waals surface area contributed by atoms with Crippen molar-refractivity contribution in [1.29, 1.82) is 0 Å². The highest BCUT2D eigenvalue weighted by atomic mass is 32.2. The number of rotatable bonds is 4. The van der Waals surface area contributed by atoms with Gasteiger partial charge in [-0.3, -0.25) is 9.69 Å². The van der Waals surface area contributed by atoms with E-state index in [0.717, 1.165) is 21.7 Å². The second-order valence-corrected chi connectivity index (χ2v) is 7.81. The third-order valence-corrected chi connectivity index (χ3v) is 5.91. The van der Waals surface area contributed by atoms with E-state index in [1.165, 1.54) is 5.56 Å². The van der Waals surface area contributed by atoms with E-state index >= 15 is 0 Å². The van der Waals surface area contributed by atoms with Crippen LogP contribution in [-0.2, 0) is 4.79 Å². The van der Waals surface area contributed by atoms with E-state index in [9.17, 15) is 4.79 Å². The summed E-state index contributed by atoms with van der Waals surface area (Å²) in [5.74, 6) is 0.0421. The monoisotopic (exact) mass is 383 g/mol. The number of hydrogen-bond acceptors (Lipinski definition) is 2. The van der Waals surface area contributed by atoms with Crippen molar-refractivity contribution < 1.29 is 4.79 Å². The number of allylic oxidation sites excluding steroid dienone is 2. The second kappa shape index (κ2) is 8.32. The minimum absolute atomic E-state index is 0.0421. The minimum Gasteiger partial charge on any atom is -0.291 e. The van der Waals surface area contributed by atoms with Crippen molar-refractivity contribution in [3.63, 3.8) is 0 Å². The quantitative estimate of drug-likeness (QED) is 0.488. The Morgan fingerprint density at radius 2 is 1.50 bits per heavy atom. The van der Waals surface area contributed by atoms with Crippen LogP contribution in [0.1, 0.15) is 22.1 Å². The SMILES string of the molecule is Cc1ccc(N2C(=O)/C(=C/C=C/c3ccccc3)SC2c2ccccc2)cc1. The summed E-state index contributed by atoms with van der Waals surface area (Å²) in [4.78, 5) is 15.9. The van der Waals surface area contributed by atoms with E-state index in [-0.39, 0.29) is 11.3 Å². The lowest BCUT2D eigenvalue weighted by Gasteiger charge is -2.23. The van der Waals surface area contributed by atoms with Crippen LogP contribution in [0.4, 0.5) is 5.69 Å². The number of aryl methyl sites for hydroxylation is 1. The Morgan fingerprint density at radius 3 is 2.18 bits per heavy atom. The van der Waals surface area contributed by atoms with Gasteiger partial charge in [0, 0.05) is 5.69 Å². The van der Waals surface area contributed by atoms with Crippen LogP contribution in [0.15, 0.2) is 102 Å². The van der Waals surface area contributed by atoms with Crippen LogP contribution < -0.4 is 4.90 Å². The van der Waals surface area contributed by atoms with Gasteiger partial charge in [-0.05, 0) is 36.3 Å². The number of anilines is 1. The van der Waals surface area contributed by atoms with Crippen LogP contribution in [0.25, 0.3) is 6.08 Å². The second-order valence-electron chi connectivity index (χ2n) is 6.69. The van der Waals surface area contributed by atoms with Gasteiger partial charge in [0.2, 0.25) is 0 Å². The summed E-state index contributed by atoms with van der Waals surface area (Å²) >= 11 is 1.60. The summed E-state index contributed by atoms with van der Waals surface area (Å²) in [6.07, 6.45) is 5.90. The molecule has 0 saturated carbocycles. The molecular formula is C25H21NOS. The third kappa shape index (κ3) is 3.95. The Labute approximate surface area is 170 Å². The standard InChI is InChI=1S/C25H21NOS/c1-19-15-17-22(18-16-19)26-24(27)23(14-8-11-20-9-4-2-5-10-20)28-25(26)21-12-6-3-7-13-21/h2-18,25H,1H3/b11-8+,23-14-. The highest BCUT2D eigenvalue weighted by Crippen LogP contribution is 2.47. The van der Waals surface area contributed by atoms with Gasteiger partial charge in [0.1, 0.15) is 5.37 Å². The molecule has 1 unspecified atom stereocenters. The maximum absolute atomic E-state index is 13.2. The molecule has 3 aromatic rings. The van der Waals surface area contributed by atoms with Gasteiger partial charge in [0.15, 0.2) is 0 Å². The number of amides is 1. The van der Waals surface area contributed by atoms with Gasteiger partial charge in [0.05, 0.1) is 4.91 Å². The molecule has 1 aliphatic heterocycles. The predicted octanol–water partition coefficient (Wildman–Crippen LogP) is 6.37. The van der Waals surface area contributed by atoms with Crippen LogP contribution in [0.3, 0.4) is 0 Å². The lowest BCUT2D eigenvalue weighted by molar-refractivity contribution is -0.114. The Balaban J connectivity index is 1.67. The van der Waals surface area contributed by atoms with E-state index in [4.69, 9.17) is 0 Å². The maximum Gasteiger partial charge on any atom is 0.266 e. The Bertz CT molecular complexity index is 1010. The fourth-order valence-electron chi connectivity index (χ4n) is 3.16. The summed E-state index contributed by atoms with van der Waals surface area (Å²) in [5, 5.41) is -0.0622. The van der Waals surface area contributed by atoms with Crippen LogP contribution >= 0.6 is 11.8 Å². The van der Waals surface area contributed by atoms with E-state index in [1.807, 2.05) is 95.9 Å². The Morgan fingerprint density at radius 1 is 0.857 bits per heavy atom. The fourth-order valence-corrected chi connectivity index (χ4v) is 4.38. The summed E-state index contributed by atoms with van der Waals surface area (Å²) < 4.78 is 0. The van der Waals surface area contributed by atoms with Gasteiger partial charge in [-0.15, -0.1) is 0 Å². The van der Waals surface area contributed by atoms with Crippen molar-refractivity contribution in [2.75, 3.05) is 4.90 Å². The maximum atomic E-state index is 13.2. The molecule has 1 atom stereocenters. The van der Waals surface area contributed by atoms with Crippen molar-refractivity contribution in [2.24, 2.45) is 0 Å². The molecule has 0 aliphatic carbocycles. The van der Waals surface area contributed by atoms with Crippen LogP contribution in [0.2, 0.25) is 0 Å². The molecule has 1 fully saturated rings. The molecule has 3 aromatic carbocycles. The van der Waals surface area contributed by atoms with E-state index in [1.54, 1.807) is 11.8 Å². The number of carbonyl (C=O) groups excluding carboxylic acids is 1. The minimum atomic E-state index is -0.0622. The largest absolute Gasteiger partial charge is 0.291 e. The molecule has 1 amide bonds. The van der Waals surface area contributed by atoms with Gasteiger partial charge in [-0.1, -0.05) is 102 Å². The summed E-state index contributed by atoms with van der Waals surface area (Å²) in [6, 6.07) is 28.4. The molecule has 0 bridgehead atoms. The molecule has 3 heteroatoms. The zero-order valence-electron chi connectivity index (χ0n) is 15.7. The molecule has 0 N–H and O–H groups in total. The summed E-state index contributed by atoms with van der Waals surface area (Å²) in [5.41, 5.74) is 4.34. The van der Waals surface area contributed by atoms with Gasteiger partial charge in [-0.25, -0.2) is 0 Å². The first-order valence-electron chi connectivity index (χ1n) is 9.27. The highest BCUT2D eigenvalue weighted by molar-refractivity contribution is 8.05. The van der Waals surface area contributed by atoms with E-state index in [0.29, 0.717) is 0 Å². The molecular weight excluding hydrogens is 362 g/mol. The first kappa shape index (κ1) is 18.3. The Hall–Kier alpha value is -3.04. The number of carbonyl (C=O) groups is 1. The Kier molecular flexibility index (Phi) is 5.45.